The third-order valence-corrected chi connectivity index (χ3v) is 14.4. The van der Waals surface area contributed by atoms with E-state index >= 15 is 0 Å². The molecule has 0 saturated carbocycles. The van der Waals surface area contributed by atoms with Crippen LogP contribution in [0.2, 0.25) is 0 Å². The predicted octanol–water partition coefficient (Wildman–Crippen LogP) is 21.6. The molecule has 6 heteroatoms. The Labute approximate surface area is 448 Å². The van der Waals surface area contributed by atoms with Gasteiger partial charge in [-0.3, -0.25) is 14.4 Å². The maximum atomic E-state index is 12.8. The van der Waals surface area contributed by atoms with Crippen molar-refractivity contribution in [3.05, 3.63) is 36.5 Å². The van der Waals surface area contributed by atoms with E-state index in [1.54, 1.807) is 0 Å². The lowest BCUT2D eigenvalue weighted by atomic mass is 10.0. The van der Waals surface area contributed by atoms with Crippen LogP contribution in [0.25, 0.3) is 0 Å². The average molecular weight is 1010 g/mol. The van der Waals surface area contributed by atoms with E-state index < -0.39 is 6.10 Å². The van der Waals surface area contributed by atoms with Crippen molar-refractivity contribution < 1.29 is 28.6 Å². The van der Waals surface area contributed by atoms with Crippen LogP contribution in [0.15, 0.2) is 36.5 Å². The fourth-order valence-corrected chi connectivity index (χ4v) is 9.64. The number of hydrogen-bond acceptors (Lipinski definition) is 6. The number of rotatable bonds is 59. The van der Waals surface area contributed by atoms with Crippen molar-refractivity contribution in [3.63, 3.8) is 0 Å². The molecule has 0 amide bonds. The zero-order chi connectivity index (χ0) is 52.2. The summed E-state index contributed by atoms with van der Waals surface area (Å²) in [6.45, 7) is 6.54. The normalized spacial score (nSPS) is 12.2. The summed E-state index contributed by atoms with van der Waals surface area (Å²) in [6.07, 6.45) is 74.8. The molecule has 0 radical (unpaired) electrons. The van der Waals surface area contributed by atoms with Crippen LogP contribution in [0.5, 0.6) is 0 Å². The lowest BCUT2D eigenvalue weighted by molar-refractivity contribution is -0.167. The van der Waals surface area contributed by atoms with E-state index in [1.807, 2.05) is 0 Å². The molecule has 0 aromatic rings. The van der Waals surface area contributed by atoms with E-state index in [4.69, 9.17) is 14.2 Å². The molecule has 0 aliphatic rings. The fourth-order valence-electron chi connectivity index (χ4n) is 9.64. The smallest absolute Gasteiger partial charge is 0.306 e. The summed E-state index contributed by atoms with van der Waals surface area (Å²) in [5, 5.41) is 0. The number of allylic oxidation sites excluding steroid dienone is 6. The number of unbranched alkanes of at least 4 members (excludes halogenated alkanes) is 42. The Balaban J connectivity index is 4.03. The van der Waals surface area contributed by atoms with Gasteiger partial charge in [-0.05, 0) is 51.4 Å². The first-order valence-corrected chi connectivity index (χ1v) is 32.0. The van der Waals surface area contributed by atoms with Gasteiger partial charge in [0.05, 0.1) is 0 Å². The number of hydrogen-bond donors (Lipinski definition) is 0. The zero-order valence-corrected chi connectivity index (χ0v) is 48.5. The van der Waals surface area contributed by atoms with E-state index in [-0.39, 0.29) is 31.1 Å². The van der Waals surface area contributed by atoms with Crippen molar-refractivity contribution in [2.24, 2.45) is 0 Å². The van der Waals surface area contributed by atoms with Gasteiger partial charge in [-0.25, -0.2) is 0 Å². The van der Waals surface area contributed by atoms with Gasteiger partial charge >= 0.3 is 17.9 Å². The minimum atomic E-state index is -0.783. The quantitative estimate of drug-likeness (QED) is 0.0261. The Morgan fingerprint density at radius 1 is 0.292 bits per heavy atom. The molecule has 0 aromatic carbocycles. The third kappa shape index (κ3) is 58.5. The lowest BCUT2D eigenvalue weighted by Crippen LogP contribution is -2.30. The molecule has 0 bridgehead atoms. The van der Waals surface area contributed by atoms with Crippen molar-refractivity contribution in [2.45, 2.75) is 354 Å². The molecule has 0 spiro atoms. The van der Waals surface area contributed by atoms with Crippen LogP contribution < -0.4 is 0 Å². The minimum Gasteiger partial charge on any atom is -0.462 e. The number of carbonyl (C=O) groups is 3. The molecule has 6 nitrogen and oxygen atoms in total. The molecule has 1 unspecified atom stereocenters. The molecular formula is C66H122O6. The predicted molar refractivity (Wildman–Crippen MR) is 312 cm³/mol. The van der Waals surface area contributed by atoms with Crippen LogP contribution in [0.3, 0.4) is 0 Å². The van der Waals surface area contributed by atoms with Crippen molar-refractivity contribution >= 4 is 17.9 Å². The summed E-state index contributed by atoms with van der Waals surface area (Å²) in [5.41, 5.74) is 0. The maximum absolute atomic E-state index is 12.8. The molecule has 0 aromatic heterocycles. The topological polar surface area (TPSA) is 78.9 Å². The Morgan fingerprint density at radius 2 is 0.542 bits per heavy atom. The van der Waals surface area contributed by atoms with Crippen LogP contribution in [0.1, 0.15) is 348 Å². The summed E-state index contributed by atoms with van der Waals surface area (Å²) in [4.78, 5) is 38.1. The SMILES string of the molecule is CC/C=C\C/C=C\C/C=C\CCCCCC(=O)OC(COC(=O)CCCCCCCCCCCC)COC(=O)CCCCCCCCCCCCCCCCCCCCCCCCCCCCCCCCC. The number of ether oxygens (including phenoxy) is 3. The average Bonchev–Trinajstić information content (AvgIpc) is 3.38. The molecular weight excluding hydrogens is 889 g/mol. The second-order valence-electron chi connectivity index (χ2n) is 21.7. The standard InChI is InChI=1S/C66H122O6/c1-4-7-10-13-16-19-22-24-25-26-27-28-29-30-31-32-33-34-35-36-37-38-39-40-41-43-44-47-50-53-56-59-65(68)71-62-63(61-70-64(67)58-55-52-49-46-21-18-15-12-9-6-3)72-66(69)60-57-54-51-48-45-42-23-20-17-14-11-8-5-2/h8,11,17,20,42,45,63H,4-7,9-10,12-16,18-19,21-41,43-44,46-62H2,1-3H3/b11-8-,20-17-,45-42-. The van der Waals surface area contributed by atoms with Gasteiger partial charge in [0.2, 0.25) is 0 Å². The Bertz CT molecular complexity index is 1210. The lowest BCUT2D eigenvalue weighted by Gasteiger charge is -2.18. The van der Waals surface area contributed by atoms with E-state index in [0.29, 0.717) is 19.3 Å². The largest absolute Gasteiger partial charge is 0.462 e. The van der Waals surface area contributed by atoms with Gasteiger partial charge in [-0.1, -0.05) is 314 Å². The summed E-state index contributed by atoms with van der Waals surface area (Å²) in [6, 6.07) is 0. The van der Waals surface area contributed by atoms with Crippen molar-refractivity contribution in [1.29, 1.82) is 0 Å². The highest BCUT2D eigenvalue weighted by molar-refractivity contribution is 5.71. The van der Waals surface area contributed by atoms with E-state index in [9.17, 15) is 14.4 Å². The van der Waals surface area contributed by atoms with Gasteiger partial charge in [-0.15, -0.1) is 0 Å². The summed E-state index contributed by atoms with van der Waals surface area (Å²) < 4.78 is 16.8. The van der Waals surface area contributed by atoms with Crippen molar-refractivity contribution in [1.82, 2.24) is 0 Å². The van der Waals surface area contributed by atoms with Gasteiger partial charge in [0.25, 0.3) is 0 Å². The van der Waals surface area contributed by atoms with Crippen LogP contribution >= 0.6 is 0 Å². The molecule has 0 aliphatic heterocycles. The fraction of sp³-hybridized carbons (Fsp3) is 0.864. The first-order valence-electron chi connectivity index (χ1n) is 32.0. The summed E-state index contributed by atoms with van der Waals surface area (Å²) in [5.74, 6) is -0.893. The first-order chi connectivity index (χ1) is 35.5. The summed E-state index contributed by atoms with van der Waals surface area (Å²) >= 11 is 0. The molecule has 0 N–H and O–H groups in total. The first kappa shape index (κ1) is 69.6. The van der Waals surface area contributed by atoms with Gasteiger partial charge in [0.1, 0.15) is 13.2 Å². The molecule has 0 aliphatic carbocycles. The third-order valence-electron chi connectivity index (χ3n) is 14.4. The zero-order valence-electron chi connectivity index (χ0n) is 48.5. The Morgan fingerprint density at radius 3 is 0.847 bits per heavy atom. The van der Waals surface area contributed by atoms with Gasteiger partial charge in [0.15, 0.2) is 6.10 Å². The van der Waals surface area contributed by atoms with Crippen molar-refractivity contribution in [3.8, 4) is 0 Å². The van der Waals surface area contributed by atoms with Crippen LogP contribution in [-0.4, -0.2) is 37.2 Å². The highest BCUT2D eigenvalue weighted by Gasteiger charge is 2.19. The maximum Gasteiger partial charge on any atom is 0.306 e. The Kier molecular flexibility index (Phi) is 59.2. The second-order valence-corrected chi connectivity index (χ2v) is 21.7. The summed E-state index contributed by atoms with van der Waals surface area (Å²) in [7, 11) is 0. The Hall–Kier alpha value is -2.37. The van der Waals surface area contributed by atoms with Gasteiger partial charge < -0.3 is 14.2 Å². The van der Waals surface area contributed by atoms with Crippen LogP contribution in [0.4, 0.5) is 0 Å². The van der Waals surface area contributed by atoms with Crippen LogP contribution in [0, 0.1) is 0 Å². The molecule has 1 atom stereocenters. The number of carbonyl (C=O) groups excluding carboxylic acids is 3. The highest BCUT2D eigenvalue weighted by atomic mass is 16.6. The monoisotopic (exact) mass is 1010 g/mol. The minimum absolute atomic E-state index is 0.0795. The second kappa shape index (κ2) is 61.2. The van der Waals surface area contributed by atoms with Gasteiger partial charge in [-0.2, -0.15) is 0 Å². The highest BCUT2D eigenvalue weighted by Crippen LogP contribution is 2.18. The molecule has 0 saturated heterocycles. The van der Waals surface area contributed by atoms with E-state index in [0.717, 1.165) is 83.5 Å². The molecule has 0 heterocycles. The molecule has 0 fully saturated rings. The van der Waals surface area contributed by atoms with E-state index in [1.165, 1.54) is 225 Å². The molecule has 422 valence electrons. The molecule has 72 heavy (non-hydrogen) atoms. The van der Waals surface area contributed by atoms with Crippen LogP contribution in [-0.2, 0) is 28.6 Å². The van der Waals surface area contributed by atoms with E-state index in [2.05, 4.69) is 57.2 Å². The van der Waals surface area contributed by atoms with Gasteiger partial charge in [0, 0.05) is 19.3 Å². The van der Waals surface area contributed by atoms with Crippen molar-refractivity contribution in [2.75, 3.05) is 13.2 Å². The number of esters is 3. The molecule has 0 rings (SSSR count).